The first-order valence-electron chi connectivity index (χ1n) is 7.86. The van der Waals surface area contributed by atoms with Gasteiger partial charge in [0.15, 0.2) is 0 Å². The van der Waals surface area contributed by atoms with Gasteiger partial charge in [-0.15, -0.1) is 11.3 Å². The Hall–Kier alpha value is -1.79. The molecule has 0 radical (unpaired) electrons. The molecular formula is C17H21N3O2S. The van der Waals surface area contributed by atoms with Gasteiger partial charge in [0, 0.05) is 23.5 Å². The number of rotatable bonds is 4. The second-order valence-electron chi connectivity index (χ2n) is 5.76. The van der Waals surface area contributed by atoms with Gasteiger partial charge in [-0.25, -0.2) is 9.97 Å². The van der Waals surface area contributed by atoms with E-state index in [4.69, 9.17) is 4.74 Å². The maximum absolute atomic E-state index is 12.4. The molecule has 0 N–H and O–H groups in total. The fourth-order valence-electron chi connectivity index (χ4n) is 2.81. The van der Waals surface area contributed by atoms with E-state index < -0.39 is 0 Å². The number of ether oxygens (including phenoxy) is 1. The number of aryl methyl sites for hydroxylation is 3. The number of carbonyl (C=O) groups is 1. The maximum Gasteiger partial charge on any atom is 0.223 e. The van der Waals surface area contributed by atoms with E-state index in [-0.39, 0.29) is 12.0 Å². The fraction of sp³-hybridized carbons (Fsp3) is 0.471. The zero-order valence-electron chi connectivity index (χ0n) is 13.5. The summed E-state index contributed by atoms with van der Waals surface area (Å²) in [6.07, 6.45) is 1.20. The number of carbonyl (C=O) groups excluding carboxylic acids is 1. The van der Waals surface area contributed by atoms with Crippen molar-refractivity contribution in [3.8, 4) is 0 Å². The topological polar surface area (TPSA) is 55.3 Å². The van der Waals surface area contributed by atoms with Crippen molar-refractivity contribution < 1.29 is 9.53 Å². The Morgan fingerprint density at radius 1 is 1.43 bits per heavy atom. The van der Waals surface area contributed by atoms with Crippen LogP contribution in [0.15, 0.2) is 23.6 Å². The summed E-state index contributed by atoms with van der Waals surface area (Å²) >= 11 is 1.70. The molecule has 1 fully saturated rings. The number of hydrogen-bond acceptors (Lipinski definition) is 5. The largest absolute Gasteiger partial charge is 0.368 e. The molecule has 3 rings (SSSR count). The molecule has 1 atom stereocenters. The third-order valence-electron chi connectivity index (χ3n) is 3.90. The first-order chi connectivity index (χ1) is 11.1. The summed E-state index contributed by atoms with van der Waals surface area (Å²) in [6.45, 7) is 5.60. The molecule has 0 spiro atoms. The monoisotopic (exact) mass is 331 g/mol. The van der Waals surface area contributed by atoms with Crippen LogP contribution in [-0.2, 0) is 16.0 Å². The van der Waals surface area contributed by atoms with Crippen LogP contribution in [0.5, 0.6) is 0 Å². The van der Waals surface area contributed by atoms with E-state index in [1.54, 1.807) is 11.3 Å². The van der Waals surface area contributed by atoms with Crippen molar-refractivity contribution in [2.75, 3.05) is 19.7 Å². The van der Waals surface area contributed by atoms with Crippen LogP contribution < -0.4 is 0 Å². The predicted octanol–water partition coefficient (Wildman–Crippen LogP) is 2.69. The second kappa shape index (κ2) is 7.19. The Bertz CT molecular complexity index is 652. The van der Waals surface area contributed by atoms with Crippen LogP contribution in [0.25, 0.3) is 0 Å². The Labute approximate surface area is 140 Å². The lowest BCUT2D eigenvalue weighted by Crippen LogP contribution is -2.42. The van der Waals surface area contributed by atoms with Crippen LogP contribution in [0.1, 0.15) is 34.6 Å². The molecule has 0 saturated carbocycles. The molecule has 0 bridgehead atoms. The average molecular weight is 331 g/mol. The van der Waals surface area contributed by atoms with Gasteiger partial charge >= 0.3 is 0 Å². The Balaban J connectivity index is 1.62. The molecule has 1 aliphatic heterocycles. The van der Waals surface area contributed by atoms with Crippen molar-refractivity contribution in [1.29, 1.82) is 0 Å². The summed E-state index contributed by atoms with van der Waals surface area (Å²) in [5.41, 5.74) is 1.79. The highest BCUT2D eigenvalue weighted by atomic mass is 32.1. The Morgan fingerprint density at radius 3 is 3.04 bits per heavy atom. The van der Waals surface area contributed by atoms with E-state index in [9.17, 15) is 4.79 Å². The molecule has 2 aromatic heterocycles. The van der Waals surface area contributed by atoms with Gasteiger partial charge in [0.1, 0.15) is 11.9 Å². The summed E-state index contributed by atoms with van der Waals surface area (Å²) in [5.74, 6) is 0.930. The average Bonchev–Trinajstić information content (AvgIpc) is 3.05. The lowest BCUT2D eigenvalue weighted by atomic mass is 10.1. The SMILES string of the molecule is Cc1cc(C2CN(C(=O)CCc3cccs3)CCO2)nc(C)n1. The third kappa shape index (κ3) is 4.14. The molecule has 1 saturated heterocycles. The highest BCUT2D eigenvalue weighted by Gasteiger charge is 2.26. The van der Waals surface area contributed by atoms with Crippen molar-refractivity contribution in [1.82, 2.24) is 14.9 Å². The van der Waals surface area contributed by atoms with Gasteiger partial charge in [0.25, 0.3) is 0 Å². The fourth-order valence-corrected chi connectivity index (χ4v) is 3.52. The van der Waals surface area contributed by atoms with Crippen LogP contribution in [0.2, 0.25) is 0 Å². The van der Waals surface area contributed by atoms with Crippen LogP contribution in [-0.4, -0.2) is 40.5 Å². The number of nitrogens with zero attached hydrogens (tertiary/aromatic N) is 3. The van der Waals surface area contributed by atoms with Gasteiger partial charge < -0.3 is 9.64 Å². The molecule has 3 heterocycles. The minimum atomic E-state index is -0.158. The maximum atomic E-state index is 12.4. The molecule has 5 nitrogen and oxygen atoms in total. The third-order valence-corrected chi connectivity index (χ3v) is 4.84. The smallest absolute Gasteiger partial charge is 0.223 e. The number of morpholine rings is 1. The van der Waals surface area contributed by atoms with Crippen molar-refractivity contribution in [2.24, 2.45) is 0 Å². The van der Waals surface area contributed by atoms with E-state index >= 15 is 0 Å². The molecule has 6 heteroatoms. The zero-order chi connectivity index (χ0) is 16.2. The summed E-state index contributed by atoms with van der Waals surface area (Å²) in [4.78, 5) is 24.4. The first kappa shape index (κ1) is 16.1. The van der Waals surface area contributed by atoms with Gasteiger partial charge in [-0.05, 0) is 37.8 Å². The molecule has 1 unspecified atom stereocenters. The normalized spacial score (nSPS) is 18.2. The van der Waals surface area contributed by atoms with Crippen LogP contribution in [0, 0.1) is 13.8 Å². The van der Waals surface area contributed by atoms with Gasteiger partial charge in [-0.2, -0.15) is 0 Å². The molecule has 1 aliphatic rings. The van der Waals surface area contributed by atoms with Crippen molar-refractivity contribution in [3.63, 3.8) is 0 Å². The molecule has 1 amide bonds. The molecule has 23 heavy (non-hydrogen) atoms. The molecule has 0 aromatic carbocycles. The first-order valence-corrected chi connectivity index (χ1v) is 8.74. The number of amides is 1. The molecule has 2 aromatic rings. The Morgan fingerprint density at radius 2 is 2.30 bits per heavy atom. The summed E-state index contributed by atoms with van der Waals surface area (Å²) in [7, 11) is 0. The van der Waals surface area contributed by atoms with E-state index in [0.29, 0.717) is 26.1 Å². The van der Waals surface area contributed by atoms with Crippen molar-refractivity contribution in [3.05, 3.63) is 45.7 Å². The predicted molar refractivity (Wildman–Crippen MR) is 89.4 cm³/mol. The van der Waals surface area contributed by atoms with Crippen molar-refractivity contribution >= 4 is 17.2 Å². The van der Waals surface area contributed by atoms with Crippen LogP contribution in [0.4, 0.5) is 0 Å². The Kier molecular flexibility index (Phi) is 5.03. The standard InChI is InChI=1S/C17H21N3O2S/c1-12-10-15(19-13(2)18-12)16-11-20(7-8-22-16)17(21)6-5-14-4-3-9-23-14/h3-4,9-10,16H,5-8,11H2,1-2H3. The molecule has 0 aliphatic carbocycles. The van der Waals surface area contributed by atoms with E-state index in [1.807, 2.05) is 36.3 Å². The number of aromatic nitrogens is 2. The van der Waals surface area contributed by atoms with Gasteiger partial charge in [-0.3, -0.25) is 4.79 Å². The van der Waals surface area contributed by atoms with Gasteiger partial charge in [0.05, 0.1) is 18.8 Å². The van der Waals surface area contributed by atoms with Gasteiger partial charge in [-0.1, -0.05) is 6.07 Å². The van der Waals surface area contributed by atoms with E-state index in [0.717, 1.165) is 23.6 Å². The van der Waals surface area contributed by atoms with E-state index in [2.05, 4.69) is 16.0 Å². The number of hydrogen-bond donors (Lipinski definition) is 0. The molecule has 122 valence electrons. The van der Waals surface area contributed by atoms with Crippen molar-refractivity contribution in [2.45, 2.75) is 32.8 Å². The minimum Gasteiger partial charge on any atom is -0.368 e. The number of thiophene rings is 1. The van der Waals surface area contributed by atoms with E-state index in [1.165, 1.54) is 4.88 Å². The summed E-state index contributed by atoms with van der Waals surface area (Å²) in [6, 6.07) is 6.04. The molecular weight excluding hydrogens is 310 g/mol. The highest BCUT2D eigenvalue weighted by Crippen LogP contribution is 2.22. The van der Waals surface area contributed by atoms with Crippen LogP contribution in [0.3, 0.4) is 0 Å². The zero-order valence-corrected chi connectivity index (χ0v) is 14.3. The second-order valence-corrected chi connectivity index (χ2v) is 6.79. The quantitative estimate of drug-likeness (QED) is 0.864. The highest BCUT2D eigenvalue weighted by molar-refractivity contribution is 7.09. The summed E-state index contributed by atoms with van der Waals surface area (Å²) < 4.78 is 5.82. The minimum absolute atomic E-state index is 0.158. The summed E-state index contributed by atoms with van der Waals surface area (Å²) in [5, 5.41) is 2.05. The van der Waals surface area contributed by atoms with Gasteiger partial charge in [0.2, 0.25) is 5.91 Å². The van der Waals surface area contributed by atoms with Crippen LogP contribution >= 0.6 is 11.3 Å². The lowest BCUT2D eigenvalue weighted by molar-refractivity contribution is -0.139. The lowest BCUT2D eigenvalue weighted by Gasteiger charge is -2.33.